The molecule has 2 aliphatic carbocycles. The molecule has 0 saturated heterocycles. The van der Waals surface area contributed by atoms with Gasteiger partial charge in [0, 0.05) is 12.6 Å². The first kappa shape index (κ1) is 27.0. The highest BCUT2D eigenvalue weighted by atomic mass is 16.5. The molecule has 200 valence electrons. The normalized spacial score (nSPS) is 27.3. The third kappa shape index (κ3) is 5.07. The fourth-order valence-corrected chi connectivity index (χ4v) is 7.23. The van der Waals surface area contributed by atoms with Crippen LogP contribution < -0.4 is 4.74 Å². The van der Waals surface area contributed by atoms with Crippen LogP contribution in [-0.2, 0) is 22.5 Å². The zero-order valence-corrected chi connectivity index (χ0v) is 23.0. The van der Waals surface area contributed by atoms with Gasteiger partial charge in [-0.1, -0.05) is 25.5 Å². The van der Waals surface area contributed by atoms with Crippen LogP contribution in [-0.4, -0.2) is 38.0 Å². The number of fused-ring (bicyclic) bond motifs is 1. The van der Waals surface area contributed by atoms with E-state index in [2.05, 4.69) is 20.4 Å². The van der Waals surface area contributed by atoms with Crippen LogP contribution in [0.25, 0.3) is 0 Å². The number of furan rings is 1. The molecule has 1 aromatic carbocycles. The van der Waals surface area contributed by atoms with Crippen molar-refractivity contribution in [1.29, 1.82) is 0 Å². The zero-order valence-electron chi connectivity index (χ0n) is 23.0. The molecule has 2 fully saturated rings. The molecule has 1 heterocycles. The molecule has 0 spiro atoms. The SMILES string of the molecule is C=C1CC[C@H]2[C@](C)(CCC[C@]2(C)C(=O)OC)[C@H]1CCc1ccoc1CN(C)C(=O)c1ccc(OC)cc1. The number of amides is 1. The number of ether oxygens (including phenoxy) is 2. The molecule has 37 heavy (non-hydrogen) atoms. The molecule has 4 rings (SSSR count). The van der Waals surface area contributed by atoms with Crippen molar-refractivity contribution in [3.63, 3.8) is 0 Å². The van der Waals surface area contributed by atoms with Crippen molar-refractivity contribution in [2.45, 2.75) is 65.3 Å². The summed E-state index contributed by atoms with van der Waals surface area (Å²) in [6, 6.07) is 9.16. The maximum atomic E-state index is 13.0. The molecule has 2 saturated carbocycles. The maximum absolute atomic E-state index is 13.0. The summed E-state index contributed by atoms with van der Waals surface area (Å²) in [5.74, 6) is 2.01. The predicted molar refractivity (Wildman–Crippen MR) is 143 cm³/mol. The topological polar surface area (TPSA) is 69.0 Å². The monoisotopic (exact) mass is 507 g/mol. The second-order valence-electron chi connectivity index (χ2n) is 11.4. The first-order valence-corrected chi connectivity index (χ1v) is 13.3. The minimum absolute atomic E-state index is 0.0154. The minimum Gasteiger partial charge on any atom is -0.497 e. The van der Waals surface area contributed by atoms with Crippen LogP contribution in [0.15, 0.2) is 53.2 Å². The summed E-state index contributed by atoms with van der Waals surface area (Å²) in [5.41, 5.74) is 2.61. The van der Waals surface area contributed by atoms with E-state index in [0.29, 0.717) is 18.0 Å². The van der Waals surface area contributed by atoms with Crippen molar-refractivity contribution in [2.75, 3.05) is 21.3 Å². The molecule has 2 aromatic rings. The lowest BCUT2D eigenvalue weighted by molar-refractivity contribution is -0.168. The van der Waals surface area contributed by atoms with Crippen molar-refractivity contribution in [3.05, 3.63) is 65.6 Å². The average Bonchev–Trinajstić information content (AvgIpc) is 3.33. The number of nitrogens with zero attached hydrogens (tertiary/aromatic N) is 1. The summed E-state index contributed by atoms with van der Waals surface area (Å²) in [6.07, 6.45) is 8.47. The van der Waals surface area contributed by atoms with Crippen molar-refractivity contribution >= 4 is 11.9 Å². The van der Waals surface area contributed by atoms with Crippen molar-refractivity contribution in [1.82, 2.24) is 4.90 Å². The Bertz CT molecular complexity index is 1130. The van der Waals surface area contributed by atoms with Crippen molar-refractivity contribution < 1.29 is 23.5 Å². The van der Waals surface area contributed by atoms with Gasteiger partial charge < -0.3 is 18.8 Å². The fourth-order valence-electron chi connectivity index (χ4n) is 7.23. The van der Waals surface area contributed by atoms with E-state index in [1.165, 1.54) is 12.7 Å². The van der Waals surface area contributed by atoms with E-state index in [-0.39, 0.29) is 23.2 Å². The molecule has 1 amide bonds. The second kappa shape index (κ2) is 10.8. The summed E-state index contributed by atoms with van der Waals surface area (Å²) in [6.45, 7) is 9.36. The summed E-state index contributed by atoms with van der Waals surface area (Å²) >= 11 is 0. The summed E-state index contributed by atoms with van der Waals surface area (Å²) in [4.78, 5) is 27.5. The maximum Gasteiger partial charge on any atom is 0.311 e. The Hall–Kier alpha value is -3.02. The van der Waals surface area contributed by atoms with Crippen LogP contribution in [0, 0.1) is 22.7 Å². The molecule has 2 aliphatic rings. The summed E-state index contributed by atoms with van der Waals surface area (Å²) in [5, 5.41) is 0. The second-order valence-corrected chi connectivity index (χ2v) is 11.4. The molecule has 0 N–H and O–H groups in total. The third-order valence-electron chi connectivity index (χ3n) is 9.28. The number of carbonyl (C=O) groups excluding carboxylic acids is 2. The summed E-state index contributed by atoms with van der Waals surface area (Å²) < 4.78 is 16.3. The number of hydrogen-bond donors (Lipinski definition) is 0. The largest absolute Gasteiger partial charge is 0.497 e. The van der Waals surface area contributed by atoms with Gasteiger partial charge in [0.1, 0.15) is 11.5 Å². The first-order chi connectivity index (χ1) is 17.6. The Morgan fingerprint density at radius 1 is 1.14 bits per heavy atom. The smallest absolute Gasteiger partial charge is 0.311 e. The van der Waals surface area contributed by atoms with Crippen LogP contribution in [0.3, 0.4) is 0 Å². The van der Waals surface area contributed by atoms with Gasteiger partial charge in [-0.3, -0.25) is 9.59 Å². The van der Waals surface area contributed by atoms with Crippen molar-refractivity contribution in [3.8, 4) is 5.75 Å². The number of allylic oxidation sites excluding steroid dienone is 1. The van der Waals surface area contributed by atoms with Gasteiger partial charge in [-0.2, -0.15) is 0 Å². The van der Waals surface area contributed by atoms with E-state index in [9.17, 15) is 9.59 Å². The molecule has 0 bridgehead atoms. The minimum atomic E-state index is -0.438. The Morgan fingerprint density at radius 3 is 2.54 bits per heavy atom. The van der Waals surface area contributed by atoms with Gasteiger partial charge in [-0.15, -0.1) is 0 Å². The van der Waals surface area contributed by atoms with Gasteiger partial charge in [-0.05, 0) is 98.6 Å². The Balaban J connectivity index is 1.46. The fraction of sp³-hybridized carbons (Fsp3) is 0.548. The number of carbonyl (C=O) groups is 2. The van der Waals surface area contributed by atoms with E-state index < -0.39 is 5.41 Å². The van der Waals surface area contributed by atoms with E-state index >= 15 is 0 Å². The molecule has 0 unspecified atom stereocenters. The molecular weight excluding hydrogens is 466 g/mol. The number of aryl methyl sites for hydroxylation is 1. The first-order valence-electron chi connectivity index (χ1n) is 13.3. The molecule has 6 nitrogen and oxygen atoms in total. The van der Waals surface area contributed by atoms with Gasteiger partial charge in [0.05, 0.1) is 32.4 Å². The van der Waals surface area contributed by atoms with Crippen LogP contribution in [0.2, 0.25) is 0 Å². The lowest BCUT2D eigenvalue weighted by Crippen LogP contribution is -2.53. The van der Waals surface area contributed by atoms with Gasteiger partial charge in [-0.25, -0.2) is 0 Å². The van der Waals surface area contributed by atoms with Crippen LogP contribution >= 0.6 is 0 Å². The van der Waals surface area contributed by atoms with Gasteiger partial charge >= 0.3 is 5.97 Å². The molecule has 4 atom stereocenters. The molecule has 0 aliphatic heterocycles. The molecule has 0 radical (unpaired) electrons. The Morgan fingerprint density at radius 2 is 1.86 bits per heavy atom. The van der Waals surface area contributed by atoms with E-state index in [1.54, 1.807) is 49.6 Å². The van der Waals surface area contributed by atoms with Gasteiger partial charge in [0.25, 0.3) is 5.91 Å². The van der Waals surface area contributed by atoms with Gasteiger partial charge in [0.15, 0.2) is 0 Å². The molecule has 6 heteroatoms. The van der Waals surface area contributed by atoms with Crippen molar-refractivity contribution in [2.24, 2.45) is 22.7 Å². The Kier molecular flexibility index (Phi) is 7.86. The predicted octanol–water partition coefficient (Wildman–Crippen LogP) is 6.44. The van der Waals surface area contributed by atoms with Crippen LogP contribution in [0.5, 0.6) is 5.75 Å². The summed E-state index contributed by atoms with van der Waals surface area (Å²) in [7, 11) is 4.91. The lowest BCUT2D eigenvalue weighted by Gasteiger charge is -2.57. The van der Waals surface area contributed by atoms with E-state index in [4.69, 9.17) is 13.9 Å². The Labute approximate surface area is 221 Å². The number of esters is 1. The van der Waals surface area contributed by atoms with E-state index in [1.807, 2.05) is 6.07 Å². The highest BCUT2D eigenvalue weighted by molar-refractivity contribution is 5.94. The lowest BCUT2D eigenvalue weighted by atomic mass is 9.46. The van der Waals surface area contributed by atoms with E-state index in [0.717, 1.165) is 62.0 Å². The van der Waals surface area contributed by atoms with Crippen LogP contribution in [0.1, 0.15) is 74.1 Å². The standard InChI is InChI=1S/C31H41NO5/c1-21-8-15-27-30(2,17-7-18-31(27,3)29(34)36-6)25(21)14-11-22-16-19-37-26(22)20-32(4)28(33)23-9-12-24(35-5)13-10-23/h9-10,12-13,16,19,25,27H,1,7-8,11,14-15,17-18,20H2,2-6H3/t25-,27-,30+,31-/m0/s1. The quantitative estimate of drug-likeness (QED) is 0.304. The molecular formula is C31H41NO5. The molecule has 1 aromatic heterocycles. The third-order valence-corrected chi connectivity index (χ3v) is 9.28. The number of methoxy groups -OCH3 is 2. The highest BCUT2D eigenvalue weighted by Crippen LogP contribution is 2.62. The highest BCUT2D eigenvalue weighted by Gasteiger charge is 2.57. The number of benzene rings is 1. The number of hydrogen-bond acceptors (Lipinski definition) is 5. The van der Waals surface area contributed by atoms with Gasteiger partial charge in [0.2, 0.25) is 0 Å². The zero-order chi connectivity index (χ0) is 26.8. The number of rotatable bonds is 8. The van der Waals surface area contributed by atoms with Crippen LogP contribution in [0.4, 0.5) is 0 Å². The average molecular weight is 508 g/mol.